The van der Waals surface area contributed by atoms with Gasteiger partial charge in [0.2, 0.25) is 0 Å². The van der Waals surface area contributed by atoms with Crippen molar-refractivity contribution in [3.63, 3.8) is 0 Å². The summed E-state index contributed by atoms with van der Waals surface area (Å²) in [6.45, 7) is 7.64. The first kappa shape index (κ1) is 12.4. The third-order valence-electron chi connectivity index (χ3n) is 2.32. The van der Waals surface area contributed by atoms with E-state index in [1.165, 1.54) is 12.0 Å². The molecule has 0 saturated heterocycles. The quantitative estimate of drug-likeness (QED) is 0.621. The predicted molar refractivity (Wildman–Crippen MR) is 60.9 cm³/mol. The first-order chi connectivity index (χ1) is 6.24. The van der Waals surface area contributed by atoms with E-state index in [9.17, 15) is 0 Å². The topological polar surface area (TPSA) is 12.0 Å². The zero-order valence-corrected chi connectivity index (χ0v) is 9.43. The fourth-order valence-corrected chi connectivity index (χ4v) is 1.02. The molecule has 0 spiro atoms. The summed E-state index contributed by atoms with van der Waals surface area (Å²) in [7, 11) is 1.99. The van der Waals surface area contributed by atoms with E-state index in [-0.39, 0.29) is 0 Å². The molecule has 0 radical (unpaired) electrons. The van der Waals surface area contributed by atoms with Crippen LogP contribution in [0, 0.1) is 5.92 Å². The molecule has 0 aliphatic rings. The maximum atomic E-state index is 3.16. The molecule has 1 N–H and O–H groups in total. The van der Waals surface area contributed by atoms with Gasteiger partial charge in [-0.3, -0.25) is 0 Å². The van der Waals surface area contributed by atoms with Crippen molar-refractivity contribution in [3.05, 3.63) is 23.8 Å². The van der Waals surface area contributed by atoms with Gasteiger partial charge in [-0.25, -0.2) is 0 Å². The van der Waals surface area contributed by atoms with Crippen LogP contribution in [0.25, 0.3) is 0 Å². The van der Waals surface area contributed by atoms with E-state index in [2.05, 4.69) is 44.3 Å². The van der Waals surface area contributed by atoms with Crippen molar-refractivity contribution < 1.29 is 0 Å². The Labute approximate surface area is 82.9 Å². The number of allylic oxidation sites excluding steroid dienone is 3. The summed E-state index contributed by atoms with van der Waals surface area (Å²) in [6.07, 6.45) is 9.09. The summed E-state index contributed by atoms with van der Waals surface area (Å²) in [5.41, 5.74) is 1.43. The molecule has 13 heavy (non-hydrogen) atoms. The van der Waals surface area contributed by atoms with Gasteiger partial charge in [-0.2, -0.15) is 0 Å². The molecule has 0 aliphatic carbocycles. The Balaban J connectivity index is 3.91. The van der Waals surface area contributed by atoms with Crippen molar-refractivity contribution in [2.24, 2.45) is 5.92 Å². The van der Waals surface area contributed by atoms with Gasteiger partial charge in [0.1, 0.15) is 0 Å². The molecule has 0 amide bonds. The molecule has 76 valence electrons. The van der Waals surface area contributed by atoms with Gasteiger partial charge in [0, 0.05) is 0 Å². The van der Waals surface area contributed by atoms with Crippen molar-refractivity contribution in [2.45, 2.75) is 33.6 Å². The molecule has 0 fully saturated rings. The van der Waals surface area contributed by atoms with Gasteiger partial charge in [-0.15, -0.1) is 0 Å². The van der Waals surface area contributed by atoms with E-state index >= 15 is 0 Å². The Kier molecular flexibility index (Phi) is 7.71. The summed E-state index contributed by atoms with van der Waals surface area (Å²) < 4.78 is 0. The van der Waals surface area contributed by atoms with Crippen LogP contribution in [0.4, 0.5) is 0 Å². The summed E-state index contributed by atoms with van der Waals surface area (Å²) >= 11 is 0. The molecular weight excluding hydrogens is 158 g/mol. The minimum atomic E-state index is 0.699. The zero-order chi connectivity index (χ0) is 10.1. The Bertz CT molecular complexity index is 168. The standard InChI is InChI=1S/C12H23N/c1-5-11(3)7-8-12(6-2)9-10-13-4/h6-8,11,13H,5,9-10H2,1-4H3/b8-7-,12-6+. The normalized spacial score (nSPS) is 15.2. The fourth-order valence-electron chi connectivity index (χ4n) is 1.02. The minimum absolute atomic E-state index is 0.699. The fraction of sp³-hybridized carbons (Fsp3) is 0.667. The van der Waals surface area contributed by atoms with Crippen LogP contribution in [0.3, 0.4) is 0 Å². The Morgan fingerprint density at radius 2 is 2.15 bits per heavy atom. The van der Waals surface area contributed by atoms with Crippen molar-refractivity contribution in [3.8, 4) is 0 Å². The highest BCUT2D eigenvalue weighted by Crippen LogP contribution is 2.07. The van der Waals surface area contributed by atoms with Crippen LogP contribution in [0.1, 0.15) is 33.6 Å². The van der Waals surface area contributed by atoms with E-state index < -0.39 is 0 Å². The molecule has 0 aromatic carbocycles. The lowest BCUT2D eigenvalue weighted by Crippen LogP contribution is -2.07. The van der Waals surface area contributed by atoms with Crippen LogP contribution < -0.4 is 5.32 Å². The third kappa shape index (κ3) is 6.59. The van der Waals surface area contributed by atoms with Gasteiger partial charge in [0.05, 0.1) is 0 Å². The SMILES string of the molecule is C/C=C(\C=C/C(C)CC)CCNC. The summed E-state index contributed by atoms with van der Waals surface area (Å²) in [5.74, 6) is 0.699. The van der Waals surface area contributed by atoms with Gasteiger partial charge < -0.3 is 5.32 Å². The van der Waals surface area contributed by atoms with E-state index in [1.807, 2.05) is 7.05 Å². The van der Waals surface area contributed by atoms with Crippen molar-refractivity contribution in [1.29, 1.82) is 0 Å². The highest BCUT2D eigenvalue weighted by Gasteiger charge is 1.93. The zero-order valence-electron chi connectivity index (χ0n) is 9.43. The molecule has 1 atom stereocenters. The largest absolute Gasteiger partial charge is 0.319 e. The molecule has 0 rings (SSSR count). The summed E-state index contributed by atoms with van der Waals surface area (Å²) in [5, 5.41) is 3.16. The van der Waals surface area contributed by atoms with Crippen LogP contribution in [-0.4, -0.2) is 13.6 Å². The maximum Gasteiger partial charge on any atom is -0.00115 e. The molecule has 0 bridgehead atoms. The lowest BCUT2D eigenvalue weighted by atomic mass is 10.1. The van der Waals surface area contributed by atoms with Crippen LogP contribution in [-0.2, 0) is 0 Å². The highest BCUT2D eigenvalue weighted by atomic mass is 14.8. The lowest BCUT2D eigenvalue weighted by molar-refractivity contribution is 0.696. The average molecular weight is 181 g/mol. The van der Waals surface area contributed by atoms with Crippen molar-refractivity contribution >= 4 is 0 Å². The van der Waals surface area contributed by atoms with Crippen LogP contribution in [0.15, 0.2) is 23.8 Å². The highest BCUT2D eigenvalue weighted by molar-refractivity contribution is 5.18. The van der Waals surface area contributed by atoms with Gasteiger partial charge >= 0.3 is 0 Å². The molecular formula is C12H23N. The number of hydrogen-bond acceptors (Lipinski definition) is 1. The van der Waals surface area contributed by atoms with E-state index in [4.69, 9.17) is 0 Å². The molecule has 1 unspecified atom stereocenters. The Morgan fingerprint density at radius 3 is 2.62 bits per heavy atom. The smallest absolute Gasteiger partial charge is 0.00115 e. The number of nitrogens with one attached hydrogen (secondary N) is 1. The molecule has 0 aromatic rings. The lowest BCUT2D eigenvalue weighted by Gasteiger charge is -2.03. The summed E-state index contributed by atoms with van der Waals surface area (Å²) in [4.78, 5) is 0. The molecule has 1 nitrogen and oxygen atoms in total. The first-order valence-corrected chi connectivity index (χ1v) is 5.22. The minimum Gasteiger partial charge on any atom is -0.319 e. The van der Waals surface area contributed by atoms with Gasteiger partial charge in [-0.1, -0.05) is 44.1 Å². The van der Waals surface area contributed by atoms with Crippen molar-refractivity contribution in [2.75, 3.05) is 13.6 Å². The van der Waals surface area contributed by atoms with Gasteiger partial charge in [0.15, 0.2) is 0 Å². The van der Waals surface area contributed by atoms with E-state index in [0.29, 0.717) is 5.92 Å². The molecule has 0 heterocycles. The van der Waals surface area contributed by atoms with Crippen LogP contribution >= 0.6 is 0 Å². The monoisotopic (exact) mass is 181 g/mol. The number of rotatable bonds is 6. The summed E-state index contributed by atoms with van der Waals surface area (Å²) in [6, 6.07) is 0. The second-order valence-corrected chi connectivity index (χ2v) is 3.46. The van der Waals surface area contributed by atoms with Crippen LogP contribution in [0.2, 0.25) is 0 Å². The second-order valence-electron chi connectivity index (χ2n) is 3.46. The van der Waals surface area contributed by atoms with Gasteiger partial charge in [-0.05, 0) is 32.9 Å². The average Bonchev–Trinajstić information content (AvgIpc) is 2.17. The maximum absolute atomic E-state index is 3.16. The van der Waals surface area contributed by atoms with Gasteiger partial charge in [0.25, 0.3) is 0 Å². The Hall–Kier alpha value is -0.560. The third-order valence-corrected chi connectivity index (χ3v) is 2.32. The molecule has 1 heteroatoms. The van der Waals surface area contributed by atoms with Crippen LogP contribution in [0.5, 0.6) is 0 Å². The first-order valence-electron chi connectivity index (χ1n) is 5.22. The number of hydrogen-bond donors (Lipinski definition) is 1. The van der Waals surface area contributed by atoms with Crippen molar-refractivity contribution in [1.82, 2.24) is 5.32 Å². The molecule has 0 aliphatic heterocycles. The second kappa shape index (κ2) is 8.06. The molecule has 0 saturated carbocycles. The Morgan fingerprint density at radius 1 is 1.46 bits per heavy atom. The molecule has 0 aromatic heterocycles. The van der Waals surface area contributed by atoms with E-state index in [0.717, 1.165) is 13.0 Å². The predicted octanol–water partition coefficient (Wildman–Crippen LogP) is 3.14. The van der Waals surface area contributed by atoms with E-state index in [1.54, 1.807) is 0 Å².